The monoisotopic (exact) mass is 581 g/mol. The SMILES string of the molecule is COc1ccc2[nH]c(C(=O)NN=Cc3cc(Br)ccc3OC(=O)c3cccc(C)c3)c(-c3ccccc3)c2c1. The van der Waals surface area contributed by atoms with Crippen molar-refractivity contribution in [2.75, 3.05) is 7.11 Å². The molecule has 194 valence electrons. The van der Waals surface area contributed by atoms with E-state index in [2.05, 4.69) is 31.4 Å². The predicted molar refractivity (Wildman–Crippen MR) is 156 cm³/mol. The van der Waals surface area contributed by atoms with Gasteiger partial charge in [0.1, 0.15) is 17.2 Å². The number of amides is 1. The summed E-state index contributed by atoms with van der Waals surface area (Å²) in [5, 5.41) is 5.02. The number of hydrazone groups is 1. The van der Waals surface area contributed by atoms with Crippen LogP contribution in [0.5, 0.6) is 11.5 Å². The van der Waals surface area contributed by atoms with Crippen molar-refractivity contribution in [3.63, 3.8) is 0 Å². The summed E-state index contributed by atoms with van der Waals surface area (Å²) in [7, 11) is 1.60. The maximum Gasteiger partial charge on any atom is 0.343 e. The van der Waals surface area contributed by atoms with Crippen LogP contribution in [0.1, 0.15) is 32.0 Å². The van der Waals surface area contributed by atoms with Gasteiger partial charge in [0, 0.05) is 26.5 Å². The topological polar surface area (TPSA) is 92.8 Å². The minimum absolute atomic E-state index is 0.311. The Morgan fingerprint density at radius 2 is 1.77 bits per heavy atom. The normalized spacial score (nSPS) is 11.1. The lowest BCUT2D eigenvalue weighted by molar-refractivity contribution is 0.0734. The summed E-state index contributed by atoms with van der Waals surface area (Å²) in [6.45, 7) is 1.91. The number of halogens is 1. The molecule has 0 radical (unpaired) electrons. The molecule has 1 aromatic heterocycles. The molecule has 39 heavy (non-hydrogen) atoms. The number of H-pyrrole nitrogens is 1. The lowest BCUT2D eigenvalue weighted by Gasteiger charge is -2.09. The van der Waals surface area contributed by atoms with Gasteiger partial charge >= 0.3 is 5.97 Å². The van der Waals surface area contributed by atoms with Crippen LogP contribution in [-0.2, 0) is 0 Å². The fourth-order valence-electron chi connectivity index (χ4n) is 4.23. The van der Waals surface area contributed by atoms with Crippen LogP contribution >= 0.6 is 15.9 Å². The van der Waals surface area contributed by atoms with Crippen LogP contribution in [0.15, 0.2) is 101 Å². The molecule has 0 saturated heterocycles. The Morgan fingerprint density at radius 3 is 2.54 bits per heavy atom. The van der Waals surface area contributed by atoms with Crippen molar-refractivity contribution in [2.45, 2.75) is 6.92 Å². The summed E-state index contributed by atoms with van der Waals surface area (Å²) < 4.78 is 11.8. The van der Waals surface area contributed by atoms with Gasteiger partial charge in [0.2, 0.25) is 0 Å². The molecule has 8 heteroatoms. The minimum atomic E-state index is -0.485. The number of aromatic amines is 1. The standard InChI is InChI=1S/C31H24BrN3O4/c1-19-7-6-10-21(15-19)31(37)39-27-14-11-23(32)16-22(27)18-33-35-30(36)29-28(20-8-4-3-5-9-20)25-17-24(38-2)12-13-26(25)34-29/h3-18,34H,1-2H3,(H,35,36). The average Bonchev–Trinajstić information content (AvgIpc) is 3.33. The maximum absolute atomic E-state index is 13.3. The lowest BCUT2D eigenvalue weighted by Crippen LogP contribution is -2.19. The summed E-state index contributed by atoms with van der Waals surface area (Å²) in [5.74, 6) is 0.0886. The number of fused-ring (bicyclic) bond motifs is 1. The number of hydrogen-bond donors (Lipinski definition) is 2. The van der Waals surface area contributed by atoms with Crippen LogP contribution in [-0.4, -0.2) is 30.2 Å². The van der Waals surface area contributed by atoms with E-state index in [1.54, 1.807) is 43.5 Å². The largest absolute Gasteiger partial charge is 0.497 e. The first-order valence-electron chi connectivity index (χ1n) is 12.1. The number of benzene rings is 4. The summed E-state index contributed by atoms with van der Waals surface area (Å²) in [4.78, 5) is 29.2. The number of nitrogens with one attached hydrogen (secondary N) is 2. The van der Waals surface area contributed by atoms with Gasteiger partial charge in [-0.1, -0.05) is 64.0 Å². The average molecular weight is 582 g/mol. The summed E-state index contributed by atoms with van der Waals surface area (Å²) in [6.07, 6.45) is 1.44. The predicted octanol–water partition coefficient (Wildman–Crippen LogP) is 6.90. The fraction of sp³-hybridized carbons (Fsp3) is 0.0645. The molecule has 7 nitrogen and oxygen atoms in total. The van der Waals surface area contributed by atoms with Crippen LogP contribution < -0.4 is 14.9 Å². The molecule has 0 aliphatic carbocycles. The second-order valence-electron chi connectivity index (χ2n) is 8.79. The third kappa shape index (κ3) is 5.76. The van der Waals surface area contributed by atoms with Gasteiger partial charge in [-0.2, -0.15) is 5.10 Å². The first kappa shape index (κ1) is 25.9. The smallest absolute Gasteiger partial charge is 0.343 e. The van der Waals surface area contributed by atoms with E-state index in [1.807, 2.05) is 61.5 Å². The van der Waals surface area contributed by atoms with Gasteiger partial charge < -0.3 is 14.5 Å². The molecule has 0 spiro atoms. The van der Waals surface area contributed by atoms with E-state index in [-0.39, 0.29) is 0 Å². The molecule has 5 aromatic rings. The van der Waals surface area contributed by atoms with E-state index in [1.165, 1.54) is 6.21 Å². The maximum atomic E-state index is 13.3. The summed E-state index contributed by atoms with van der Waals surface area (Å²) in [5.41, 5.74) is 7.28. The third-order valence-electron chi connectivity index (χ3n) is 6.09. The highest BCUT2D eigenvalue weighted by Crippen LogP contribution is 2.34. The van der Waals surface area contributed by atoms with Crippen LogP contribution in [0.2, 0.25) is 0 Å². The van der Waals surface area contributed by atoms with E-state index >= 15 is 0 Å². The first-order valence-corrected chi connectivity index (χ1v) is 12.9. The summed E-state index contributed by atoms with van der Waals surface area (Å²) in [6, 6.07) is 27.6. The zero-order valence-corrected chi connectivity index (χ0v) is 22.8. The molecule has 0 saturated carbocycles. The van der Waals surface area contributed by atoms with Crippen LogP contribution in [0.3, 0.4) is 0 Å². The van der Waals surface area contributed by atoms with Crippen molar-refractivity contribution >= 4 is 44.9 Å². The number of ether oxygens (including phenoxy) is 2. The molecule has 0 atom stereocenters. The fourth-order valence-corrected chi connectivity index (χ4v) is 4.61. The van der Waals surface area contributed by atoms with Crippen molar-refractivity contribution in [1.82, 2.24) is 10.4 Å². The summed E-state index contributed by atoms with van der Waals surface area (Å²) >= 11 is 3.44. The molecule has 1 heterocycles. The van der Waals surface area contributed by atoms with Gasteiger partial charge in [-0.05, 0) is 61.0 Å². The first-order chi connectivity index (χ1) is 18.9. The second kappa shape index (κ2) is 11.4. The zero-order chi connectivity index (χ0) is 27.4. The highest BCUT2D eigenvalue weighted by molar-refractivity contribution is 9.10. The van der Waals surface area contributed by atoms with E-state index in [0.29, 0.717) is 28.3 Å². The van der Waals surface area contributed by atoms with Gasteiger partial charge in [-0.15, -0.1) is 0 Å². The molecule has 1 amide bonds. The third-order valence-corrected chi connectivity index (χ3v) is 6.59. The molecule has 0 fully saturated rings. The number of rotatable bonds is 7. The second-order valence-corrected chi connectivity index (χ2v) is 9.71. The van der Waals surface area contributed by atoms with Crippen LogP contribution in [0.25, 0.3) is 22.0 Å². The highest BCUT2D eigenvalue weighted by Gasteiger charge is 2.20. The van der Waals surface area contributed by atoms with E-state index in [4.69, 9.17) is 9.47 Å². The molecule has 4 aromatic carbocycles. The van der Waals surface area contributed by atoms with E-state index in [9.17, 15) is 9.59 Å². The van der Waals surface area contributed by atoms with Crippen molar-refractivity contribution < 1.29 is 19.1 Å². The number of nitrogens with zero attached hydrogens (tertiary/aromatic N) is 1. The number of aromatic nitrogens is 1. The van der Waals surface area contributed by atoms with Crippen molar-refractivity contribution in [3.05, 3.63) is 118 Å². The molecule has 0 bridgehead atoms. The lowest BCUT2D eigenvalue weighted by atomic mass is 10.0. The van der Waals surface area contributed by atoms with Crippen molar-refractivity contribution in [3.8, 4) is 22.6 Å². The Labute approximate surface area is 233 Å². The van der Waals surface area contributed by atoms with Gasteiger partial charge in [0.25, 0.3) is 5.91 Å². The zero-order valence-electron chi connectivity index (χ0n) is 21.2. The molecule has 0 aliphatic rings. The Hall–Kier alpha value is -4.69. The molecule has 5 rings (SSSR count). The van der Waals surface area contributed by atoms with Crippen molar-refractivity contribution in [1.29, 1.82) is 0 Å². The van der Waals surface area contributed by atoms with Gasteiger partial charge in [0.15, 0.2) is 0 Å². The minimum Gasteiger partial charge on any atom is -0.497 e. The number of esters is 1. The van der Waals surface area contributed by atoms with E-state index < -0.39 is 11.9 Å². The quantitative estimate of drug-likeness (QED) is 0.0946. The Bertz CT molecular complexity index is 1710. The van der Waals surface area contributed by atoms with Crippen LogP contribution in [0.4, 0.5) is 0 Å². The van der Waals surface area contributed by atoms with E-state index in [0.717, 1.165) is 32.1 Å². The Kier molecular flexibility index (Phi) is 7.56. The Balaban J connectivity index is 1.42. The van der Waals surface area contributed by atoms with Crippen LogP contribution in [0, 0.1) is 6.92 Å². The molecular weight excluding hydrogens is 558 g/mol. The number of hydrogen-bond acceptors (Lipinski definition) is 5. The molecular formula is C31H24BrN3O4. The molecule has 0 aliphatic heterocycles. The molecule has 2 N–H and O–H groups in total. The van der Waals surface area contributed by atoms with Gasteiger partial charge in [-0.25, -0.2) is 10.2 Å². The number of carbonyl (C=O) groups excluding carboxylic acids is 2. The Morgan fingerprint density at radius 1 is 0.949 bits per heavy atom. The van der Waals surface area contributed by atoms with Gasteiger partial charge in [-0.3, -0.25) is 4.79 Å². The number of aryl methyl sites for hydroxylation is 1. The molecule has 0 unspecified atom stereocenters. The highest BCUT2D eigenvalue weighted by atomic mass is 79.9. The van der Waals surface area contributed by atoms with Gasteiger partial charge in [0.05, 0.1) is 18.9 Å². The van der Waals surface area contributed by atoms with Crippen molar-refractivity contribution in [2.24, 2.45) is 5.10 Å². The number of methoxy groups -OCH3 is 1. The number of carbonyl (C=O) groups is 2.